The van der Waals surface area contributed by atoms with Gasteiger partial charge >= 0.3 is 6.18 Å². The lowest BCUT2D eigenvalue weighted by Crippen LogP contribution is -2.35. The molecule has 29 heavy (non-hydrogen) atoms. The van der Waals surface area contributed by atoms with Gasteiger partial charge in [0.1, 0.15) is 0 Å². The number of likely N-dealkylation sites (N-methyl/N-ethyl adjacent to an activating group) is 1. The maximum atomic E-state index is 12.9. The number of hydrogen-bond donors (Lipinski definition) is 1. The number of halogens is 4. The van der Waals surface area contributed by atoms with E-state index in [9.17, 15) is 32.9 Å². The summed E-state index contributed by atoms with van der Waals surface area (Å²) in [6.07, 6.45) is -4.69. The summed E-state index contributed by atoms with van der Waals surface area (Å²) < 4.78 is 38.7. The molecule has 1 N–H and O–H groups in total. The Labute approximate surface area is 168 Å². The van der Waals surface area contributed by atoms with E-state index in [1.165, 1.54) is 38.2 Å². The Balaban J connectivity index is 2.13. The van der Waals surface area contributed by atoms with Crippen LogP contribution in [0.1, 0.15) is 21.5 Å². The van der Waals surface area contributed by atoms with E-state index in [-0.39, 0.29) is 22.5 Å². The van der Waals surface area contributed by atoms with Crippen LogP contribution in [0, 0.1) is 17.0 Å². The second-order valence-electron chi connectivity index (χ2n) is 6.11. The van der Waals surface area contributed by atoms with Gasteiger partial charge in [-0.2, -0.15) is 13.2 Å². The fourth-order valence-electron chi connectivity index (χ4n) is 2.57. The first-order valence-electron chi connectivity index (χ1n) is 8.08. The van der Waals surface area contributed by atoms with E-state index < -0.39 is 40.0 Å². The summed E-state index contributed by atoms with van der Waals surface area (Å²) in [5, 5.41) is 12.7. The van der Waals surface area contributed by atoms with E-state index in [0.717, 1.165) is 11.0 Å². The van der Waals surface area contributed by atoms with Crippen molar-refractivity contribution in [2.75, 3.05) is 18.9 Å². The van der Waals surface area contributed by atoms with Gasteiger partial charge in [0.2, 0.25) is 5.91 Å². The topological polar surface area (TPSA) is 92.6 Å². The van der Waals surface area contributed by atoms with Crippen LogP contribution >= 0.6 is 11.6 Å². The van der Waals surface area contributed by atoms with Crippen molar-refractivity contribution in [2.24, 2.45) is 0 Å². The van der Waals surface area contributed by atoms with Gasteiger partial charge in [-0.15, -0.1) is 0 Å². The molecule has 0 aliphatic heterocycles. The minimum atomic E-state index is -4.69. The molecule has 2 rings (SSSR count). The zero-order valence-electron chi connectivity index (χ0n) is 15.2. The van der Waals surface area contributed by atoms with Gasteiger partial charge in [-0.05, 0) is 31.2 Å². The standard InChI is InChI=1S/C18H15ClF3N3O4/c1-10-12(4-3-5-15(10)25(28)29)17(27)24(2)9-16(26)23-11-6-7-14(19)13(8-11)18(20,21)22/h3-8H,9H2,1-2H3,(H,23,26). The number of rotatable bonds is 5. The maximum Gasteiger partial charge on any atom is 0.417 e. The molecule has 0 fully saturated rings. The molecule has 2 aromatic rings. The Morgan fingerprint density at radius 1 is 1.24 bits per heavy atom. The quantitative estimate of drug-likeness (QED) is 0.567. The van der Waals surface area contributed by atoms with Gasteiger partial charge in [0.15, 0.2) is 0 Å². The number of benzene rings is 2. The first-order valence-corrected chi connectivity index (χ1v) is 8.45. The summed E-state index contributed by atoms with van der Waals surface area (Å²) in [6, 6.07) is 6.86. The molecule has 0 radical (unpaired) electrons. The smallest absolute Gasteiger partial charge is 0.332 e. The average Bonchev–Trinajstić information content (AvgIpc) is 2.61. The summed E-state index contributed by atoms with van der Waals surface area (Å²) in [4.78, 5) is 36.0. The van der Waals surface area contributed by atoms with Gasteiger partial charge in [0.05, 0.1) is 22.1 Å². The minimum Gasteiger partial charge on any atom is -0.332 e. The highest BCUT2D eigenvalue weighted by molar-refractivity contribution is 6.31. The van der Waals surface area contributed by atoms with Gasteiger partial charge in [0, 0.05) is 29.9 Å². The van der Waals surface area contributed by atoms with Crippen molar-refractivity contribution < 1.29 is 27.7 Å². The maximum absolute atomic E-state index is 12.9. The molecule has 0 aliphatic rings. The number of carbonyl (C=O) groups is 2. The lowest BCUT2D eigenvalue weighted by atomic mass is 10.1. The van der Waals surface area contributed by atoms with E-state index in [4.69, 9.17) is 11.6 Å². The zero-order chi connectivity index (χ0) is 21.9. The molecule has 2 aromatic carbocycles. The molecular weight excluding hydrogens is 415 g/mol. The van der Waals surface area contributed by atoms with E-state index in [1.807, 2.05) is 0 Å². The summed E-state index contributed by atoms with van der Waals surface area (Å²) in [5.74, 6) is -1.40. The van der Waals surface area contributed by atoms with Crippen LogP contribution in [0.5, 0.6) is 0 Å². The molecule has 0 spiro atoms. The molecule has 154 valence electrons. The van der Waals surface area contributed by atoms with Gasteiger partial charge in [-0.3, -0.25) is 19.7 Å². The highest BCUT2D eigenvalue weighted by Gasteiger charge is 2.33. The van der Waals surface area contributed by atoms with Gasteiger partial charge < -0.3 is 10.2 Å². The van der Waals surface area contributed by atoms with Crippen LogP contribution in [0.2, 0.25) is 5.02 Å². The van der Waals surface area contributed by atoms with Crippen LogP contribution in [0.3, 0.4) is 0 Å². The Kier molecular flexibility index (Phi) is 6.48. The molecule has 2 amide bonds. The van der Waals surface area contributed by atoms with Crippen LogP contribution in [0.25, 0.3) is 0 Å². The summed E-state index contributed by atoms with van der Waals surface area (Å²) in [6.45, 7) is 0.927. The van der Waals surface area contributed by atoms with Crippen LogP contribution in [0.15, 0.2) is 36.4 Å². The van der Waals surface area contributed by atoms with Crippen LogP contribution in [0.4, 0.5) is 24.5 Å². The summed E-state index contributed by atoms with van der Waals surface area (Å²) in [7, 11) is 1.29. The van der Waals surface area contributed by atoms with Crippen LogP contribution < -0.4 is 5.32 Å². The van der Waals surface area contributed by atoms with Gasteiger partial charge in [-0.25, -0.2) is 0 Å². The lowest BCUT2D eigenvalue weighted by Gasteiger charge is -2.18. The predicted octanol–water partition coefficient (Wildman–Crippen LogP) is 4.29. The lowest BCUT2D eigenvalue weighted by molar-refractivity contribution is -0.385. The summed E-state index contributed by atoms with van der Waals surface area (Å²) in [5.41, 5.74) is -1.30. The Morgan fingerprint density at radius 2 is 1.90 bits per heavy atom. The fourth-order valence-corrected chi connectivity index (χ4v) is 2.79. The summed E-state index contributed by atoms with van der Waals surface area (Å²) >= 11 is 5.53. The number of nitro groups is 1. The second-order valence-corrected chi connectivity index (χ2v) is 6.52. The van der Waals surface area contributed by atoms with Crippen molar-refractivity contribution in [3.8, 4) is 0 Å². The molecule has 0 saturated carbocycles. The SMILES string of the molecule is Cc1c(C(=O)N(C)CC(=O)Nc2ccc(Cl)c(C(F)(F)F)c2)cccc1[N+](=O)[O-]. The van der Waals surface area contributed by atoms with E-state index in [2.05, 4.69) is 5.32 Å². The van der Waals surface area contributed by atoms with Crippen LogP contribution in [-0.2, 0) is 11.0 Å². The minimum absolute atomic E-state index is 0.0420. The van der Waals surface area contributed by atoms with Crippen molar-refractivity contribution in [1.29, 1.82) is 0 Å². The first-order chi connectivity index (χ1) is 13.4. The third-order valence-electron chi connectivity index (χ3n) is 4.02. The molecule has 0 aliphatic carbocycles. The molecular formula is C18H15ClF3N3O4. The van der Waals surface area contributed by atoms with Crippen molar-refractivity contribution in [3.05, 3.63) is 68.2 Å². The van der Waals surface area contributed by atoms with Gasteiger partial charge in [0.25, 0.3) is 11.6 Å². The number of anilines is 1. The number of amides is 2. The van der Waals surface area contributed by atoms with E-state index >= 15 is 0 Å². The highest BCUT2D eigenvalue weighted by Crippen LogP contribution is 2.36. The number of alkyl halides is 3. The molecule has 0 heterocycles. The highest BCUT2D eigenvalue weighted by atomic mass is 35.5. The first kappa shape index (κ1) is 22.2. The van der Waals surface area contributed by atoms with Crippen molar-refractivity contribution in [1.82, 2.24) is 4.90 Å². The van der Waals surface area contributed by atoms with Crippen molar-refractivity contribution in [2.45, 2.75) is 13.1 Å². The monoisotopic (exact) mass is 429 g/mol. The largest absolute Gasteiger partial charge is 0.417 e. The third kappa shape index (κ3) is 5.23. The van der Waals surface area contributed by atoms with Crippen molar-refractivity contribution >= 4 is 34.8 Å². The molecule has 0 aromatic heterocycles. The Bertz CT molecular complexity index is 979. The molecule has 11 heteroatoms. The number of nitrogens with zero attached hydrogens (tertiary/aromatic N) is 2. The predicted molar refractivity (Wildman–Crippen MR) is 99.9 cm³/mol. The van der Waals surface area contributed by atoms with Gasteiger partial charge in [-0.1, -0.05) is 17.7 Å². The normalized spacial score (nSPS) is 11.1. The molecule has 0 bridgehead atoms. The Hall–Kier alpha value is -3.14. The average molecular weight is 430 g/mol. The third-order valence-corrected chi connectivity index (χ3v) is 4.34. The number of hydrogen-bond acceptors (Lipinski definition) is 4. The fraction of sp³-hybridized carbons (Fsp3) is 0.222. The Morgan fingerprint density at radius 3 is 2.48 bits per heavy atom. The molecule has 7 nitrogen and oxygen atoms in total. The number of nitrogens with one attached hydrogen (secondary N) is 1. The second kappa shape index (κ2) is 8.48. The number of nitro benzene ring substituents is 1. The molecule has 0 atom stereocenters. The molecule has 0 unspecified atom stereocenters. The zero-order valence-corrected chi connectivity index (χ0v) is 16.0. The van der Waals surface area contributed by atoms with Crippen molar-refractivity contribution in [3.63, 3.8) is 0 Å². The van der Waals surface area contributed by atoms with E-state index in [0.29, 0.717) is 6.07 Å². The van der Waals surface area contributed by atoms with Crippen LogP contribution in [-0.4, -0.2) is 35.2 Å². The van der Waals surface area contributed by atoms with E-state index in [1.54, 1.807) is 0 Å². The number of carbonyl (C=O) groups excluding carboxylic acids is 2. The molecule has 0 saturated heterocycles.